The first kappa shape index (κ1) is 20.6. The number of carbonyl (C=O) groups is 2. The quantitative estimate of drug-likeness (QED) is 0.384. The summed E-state index contributed by atoms with van der Waals surface area (Å²) in [5.74, 6) is -0.126. The van der Waals surface area contributed by atoms with Crippen molar-refractivity contribution < 1.29 is 19.2 Å². The van der Waals surface area contributed by atoms with E-state index in [2.05, 4.69) is 4.74 Å². The summed E-state index contributed by atoms with van der Waals surface area (Å²) in [6, 6.07) is 5.80. The third kappa shape index (κ3) is 6.88. The molecule has 1 aromatic carbocycles. The van der Waals surface area contributed by atoms with E-state index in [0.717, 1.165) is 0 Å². The third-order valence-electron chi connectivity index (χ3n) is 3.66. The van der Waals surface area contributed by atoms with Gasteiger partial charge in [-0.3, -0.25) is 24.6 Å². The molecule has 0 N–H and O–H groups in total. The van der Waals surface area contributed by atoms with Gasteiger partial charge in [-0.2, -0.15) is 0 Å². The first-order valence-electron chi connectivity index (χ1n) is 8.04. The molecule has 0 aromatic heterocycles. The number of likely N-dealkylation sites (N-methyl/N-ethyl adjacent to an activating group) is 1. The van der Waals surface area contributed by atoms with Crippen molar-refractivity contribution in [1.29, 1.82) is 0 Å². The summed E-state index contributed by atoms with van der Waals surface area (Å²) in [5, 5.41) is 10.7. The topological polar surface area (TPSA) is 93.0 Å². The van der Waals surface area contributed by atoms with Crippen molar-refractivity contribution in [2.24, 2.45) is 5.92 Å². The highest BCUT2D eigenvalue weighted by Gasteiger charge is 2.18. The van der Waals surface area contributed by atoms with Crippen molar-refractivity contribution in [2.45, 2.75) is 20.3 Å². The zero-order valence-corrected chi connectivity index (χ0v) is 15.1. The Morgan fingerprint density at radius 1 is 1.24 bits per heavy atom. The molecule has 25 heavy (non-hydrogen) atoms. The molecule has 138 valence electrons. The zero-order chi connectivity index (χ0) is 19.0. The van der Waals surface area contributed by atoms with Gasteiger partial charge in [-0.05, 0) is 18.1 Å². The number of hydrogen-bond acceptors (Lipinski definition) is 6. The Balaban J connectivity index is 2.73. The van der Waals surface area contributed by atoms with Gasteiger partial charge in [0.15, 0.2) is 0 Å². The van der Waals surface area contributed by atoms with Crippen molar-refractivity contribution in [3.05, 3.63) is 34.4 Å². The summed E-state index contributed by atoms with van der Waals surface area (Å²) in [5.41, 5.74) is 0.553. The van der Waals surface area contributed by atoms with E-state index in [1.165, 1.54) is 36.3 Å². The molecule has 0 aliphatic rings. The molecule has 8 heteroatoms. The number of nitro groups is 1. The number of rotatable bonds is 9. The molecule has 0 aliphatic carbocycles. The fourth-order valence-corrected chi connectivity index (χ4v) is 2.34. The molecule has 1 amide bonds. The molecule has 0 radical (unpaired) electrons. The molecular formula is C17H25N3O5. The zero-order valence-electron chi connectivity index (χ0n) is 15.1. The number of anilines is 1. The molecular weight excluding hydrogens is 326 g/mol. The van der Waals surface area contributed by atoms with Crippen molar-refractivity contribution >= 4 is 23.3 Å². The maximum Gasteiger partial charge on any atom is 0.306 e. The lowest BCUT2D eigenvalue weighted by Gasteiger charge is -2.26. The van der Waals surface area contributed by atoms with Gasteiger partial charge in [0.1, 0.15) is 0 Å². The number of nitro benzene ring substituents is 1. The number of methoxy groups -OCH3 is 1. The van der Waals surface area contributed by atoms with Crippen LogP contribution in [0.4, 0.5) is 11.4 Å². The molecule has 0 fully saturated rings. The SMILES string of the molecule is COC(=O)CCN(CC(=O)N(C)c1ccc([N+](=O)[O-])cc1)CC(C)C. The van der Waals surface area contributed by atoms with E-state index in [0.29, 0.717) is 24.7 Å². The van der Waals surface area contributed by atoms with Crippen LogP contribution in [0.5, 0.6) is 0 Å². The van der Waals surface area contributed by atoms with E-state index >= 15 is 0 Å². The predicted octanol–water partition coefficient (Wildman–Crippen LogP) is 2.08. The van der Waals surface area contributed by atoms with Crippen LogP contribution in [-0.4, -0.2) is 55.5 Å². The molecule has 1 aromatic rings. The monoisotopic (exact) mass is 351 g/mol. The lowest BCUT2D eigenvalue weighted by Crippen LogP contribution is -2.41. The molecule has 0 atom stereocenters. The Bertz CT molecular complexity index is 601. The predicted molar refractivity (Wildman–Crippen MR) is 94.4 cm³/mol. The minimum absolute atomic E-state index is 0.0240. The van der Waals surface area contributed by atoms with Gasteiger partial charge >= 0.3 is 5.97 Å². The molecule has 0 heterocycles. The van der Waals surface area contributed by atoms with Crippen LogP contribution in [0.25, 0.3) is 0 Å². The van der Waals surface area contributed by atoms with Crippen molar-refractivity contribution in [2.75, 3.05) is 38.7 Å². The second-order valence-electron chi connectivity index (χ2n) is 6.18. The molecule has 0 spiro atoms. The summed E-state index contributed by atoms with van der Waals surface area (Å²) < 4.78 is 4.64. The number of ether oxygens (including phenoxy) is 1. The van der Waals surface area contributed by atoms with E-state index in [1.807, 2.05) is 18.7 Å². The Labute approximate surface area is 147 Å². The molecule has 0 aliphatic heterocycles. The van der Waals surface area contributed by atoms with Crippen LogP contribution in [0.2, 0.25) is 0 Å². The van der Waals surface area contributed by atoms with Crippen LogP contribution in [0.1, 0.15) is 20.3 Å². The average molecular weight is 351 g/mol. The third-order valence-corrected chi connectivity index (χ3v) is 3.66. The lowest BCUT2D eigenvalue weighted by molar-refractivity contribution is -0.384. The van der Waals surface area contributed by atoms with Crippen LogP contribution >= 0.6 is 0 Å². The standard InChI is InChI=1S/C17H25N3O5/c1-13(2)11-19(10-9-17(22)25-4)12-16(21)18(3)14-5-7-15(8-6-14)20(23)24/h5-8,13H,9-12H2,1-4H3. The maximum absolute atomic E-state index is 12.5. The van der Waals surface area contributed by atoms with Gasteiger partial charge in [0.25, 0.3) is 5.69 Å². The summed E-state index contributed by atoms with van der Waals surface area (Å²) in [7, 11) is 2.96. The van der Waals surface area contributed by atoms with E-state index in [4.69, 9.17) is 0 Å². The van der Waals surface area contributed by atoms with Crippen molar-refractivity contribution in [1.82, 2.24) is 4.90 Å². The van der Waals surface area contributed by atoms with Gasteiger partial charge in [-0.25, -0.2) is 0 Å². The van der Waals surface area contributed by atoms with Crippen LogP contribution in [0, 0.1) is 16.0 Å². The summed E-state index contributed by atoms with van der Waals surface area (Å²) in [4.78, 5) is 37.4. The first-order chi connectivity index (χ1) is 11.7. The maximum atomic E-state index is 12.5. The molecule has 1 rings (SSSR count). The number of hydrogen-bond donors (Lipinski definition) is 0. The summed E-state index contributed by atoms with van der Waals surface area (Å²) in [6.07, 6.45) is 0.220. The van der Waals surface area contributed by atoms with Crippen LogP contribution < -0.4 is 4.90 Å². The summed E-state index contributed by atoms with van der Waals surface area (Å²) >= 11 is 0. The Hall–Kier alpha value is -2.48. The largest absolute Gasteiger partial charge is 0.469 e. The van der Waals surface area contributed by atoms with Gasteiger partial charge in [0.05, 0.1) is 25.0 Å². The second-order valence-corrected chi connectivity index (χ2v) is 6.18. The second kappa shape index (κ2) is 9.73. The fraction of sp³-hybridized carbons (Fsp3) is 0.529. The smallest absolute Gasteiger partial charge is 0.306 e. The Kier molecular flexibility index (Phi) is 8.00. The molecule has 0 unspecified atom stereocenters. The number of esters is 1. The van der Waals surface area contributed by atoms with Gasteiger partial charge < -0.3 is 9.64 Å². The lowest BCUT2D eigenvalue weighted by atomic mass is 10.2. The Morgan fingerprint density at radius 2 is 1.84 bits per heavy atom. The number of non-ortho nitro benzene ring substituents is 1. The highest BCUT2D eigenvalue weighted by atomic mass is 16.6. The molecule has 0 bridgehead atoms. The minimum atomic E-state index is -0.483. The van der Waals surface area contributed by atoms with Crippen molar-refractivity contribution in [3.63, 3.8) is 0 Å². The van der Waals surface area contributed by atoms with E-state index < -0.39 is 4.92 Å². The molecule has 8 nitrogen and oxygen atoms in total. The number of amides is 1. The van der Waals surface area contributed by atoms with Crippen molar-refractivity contribution in [3.8, 4) is 0 Å². The average Bonchev–Trinajstić information content (AvgIpc) is 2.58. The fourth-order valence-electron chi connectivity index (χ4n) is 2.34. The van der Waals surface area contributed by atoms with Gasteiger partial charge in [-0.15, -0.1) is 0 Å². The van der Waals surface area contributed by atoms with E-state index in [9.17, 15) is 19.7 Å². The molecule has 0 saturated carbocycles. The van der Waals surface area contributed by atoms with Crippen LogP contribution in [-0.2, 0) is 14.3 Å². The minimum Gasteiger partial charge on any atom is -0.469 e. The number of carbonyl (C=O) groups excluding carboxylic acids is 2. The Morgan fingerprint density at radius 3 is 2.32 bits per heavy atom. The van der Waals surface area contributed by atoms with Crippen LogP contribution in [0.3, 0.4) is 0 Å². The first-order valence-corrected chi connectivity index (χ1v) is 8.04. The number of nitrogens with zero attached hydrogens (tertiary/aromatic N) is 3. The van der Waals surface area contributed by atoms with Gasteiger partial charge in [0.2, 0.25) is 5.91 Å². The number of benzene rings is 1. The van der Waals surface area contributed by atoms with E-state index in [1.54, 1.807) is 7.05 Å². The van der Waals surface area contributed by atoms with Gasteiger partial charge in [-0.1, -0.05) is 13.8 Å². The van der Waals surface area contributed by atoms with Gasteiger partial charge in [0, 0.05) is 38.0 Å². The summed E-state index contributed by atoms with van der Waals surface area (Å²) in [6.45, 7) is 5.34. The van der Waals surface area contributed by atoms with E-state index in [-0.39, 0.29) is 30.5 Å². The highest BCUT2D eigenvalue weighted by molar-refractivity contribution is 5.94. The van der Waals surface area contributed by atoms with Crippen LogP contribution in [0.15, 0.2) is 24.3 Å². The molecule has 0 saturated heterocycles. The normalized spacial score (nSPS) is 10.8. The highest BCUT2D eigenvalue weighted by Crippen LogP contribution is 2.18.